The fourth-order valence-corrected chi connectivity index (χ4v) is 1.14. The largest absolute Gasteiger partial charge is 0.450 e. The molecule has 0 bridgehead atoms. The number of hydrogen-bond donors (Lipinski definition) is 1. The minimum Gasteiger partial charge on any atom is -0.450 e. The molecule has 0 fully saturated rings. The molecule has 0 spiro atoms. The fourth-order valence-electron chi connectivity index (χ4n) is 1.14. The number of nitrogens with one attached hydrogen (secondary N) is 1. The Kier molecular flexibility index (Phi) is 3.91. The van der Waals surface area contributed by atoms with Crippen LogP contribution in [0.15, 0.2) is 23.1 Å². The number of aromatic nitrogens is 1. The van der Waals surface area contributed by atoms with Crippen LogP contribution < -0.4 is 10.9 Å². The Balaban J connectivity index is 2.62. The van der Waals surface area contributed by atoms with Gasteiger partial charge in [0.15, 0.2) is 0 Å². The van der Waals surface area contributed by atoms with E-state index in [2.05, 4.69) is 10.1 Å². The monoisotopic (exact) mass is 210 g/mol. The molecule has 5 nitrogen and oxygen atoms in total. The molecule has 1 rings (SSSR count). The van der Waals surface area contributed by atoms with Crippen LogP contribution in [-0.2, 0) is 18.3 Å². The molecule has 0 aromatic carbocycles. The van der Waals surface area contributed by atoms with E-state index in [0.29, 0.717) is 12.2 Å². The molecule has 0 atom stereocenters. The zero-order valence-corrected chi connectivity index (χ0v) is 8.82. The van der Waals surface area contributed by atoms with Crippen molar-refractivity contribution in [2.75, 3.05) is 6.61 Å². The van der Waals surface area contributed by atoms with Crippen molar-refractivity contribution in [1.82, 2.24) is 9.88 Å². The van der Waals surface area contributed by atoms with Gasteiger partial charge in [-0.25, -0.2) is 4.79 Å². The molecule has 1 heterocycles. The Morgan fingerprint density at radius 2 is 2.33 bits per heavy atom. The van der Waals surface area contributed by atoms with Gasteiger partial charge in [-0.2, -0.15) is 0 Å². The van der Waals surface area contributed by atoms with Gasteiger partial charge in [0.05, 0.1) is 13.2 Å². The van der Waals surface area contributed by atoms with E-state index >= 15 is 0 Å². The number of ether oxygens (including phenoxy) is 1. The first-order valence-electron chi connectivity index (χ1n) is 4.70. The SMILES string of the molecule is CCOC(=O)NCc1cccn(C)c1=O. The van der Waals surface area contributed by atoms with Gasteiger partial charge >= 0.3 is 6.09 Å². The van der Waals surface area contributed by atoms with Crippen LogP contribution in [-0.4, -0.2) is 17.3 Å². The first-order chi connectivity index (χ1) is 7.15. The second kappa shape index (κ2) is 5.19. The molecule has 0 unspecified atom stereocenters. The molecule has 0 saturated heterocycles. The van der Waals surface area contributed by atoms with Crippen molar-refractivity contribution in [3.63, 3.8) is 0 Å². The Morgan fingerprint density at radius 3 is 3.00 bits per heavy atom. The number of hydrogen-bond acceptors (Lipinski definition) is 3. The average molecular weight is 210 g/mol. The lowest BCUT2D eigenvalue weighted by molar-refractivity contribution is 0.151. The summed E-state index contributed by atoms with van der Waals surface area (Å²) in [5.41, 5.74) is 0.419. The third-order valence-corrected chi connectivity index (χ3v) is 1.90. The van der Waals surface area contributed by atoms with E-state index in [-0.39, 0.29) is 12.1 Å². The number of nitrogens with zero attached hydrogens (tertiary/aromatic N) is 1. The van der Waals surface area contributed by atoms with E-state index in [1.54, 1.807) is 32.3 Å². The molecule has 0 aliphatic rings. The lowest BCUT2D eigenvalue weighted by Crippen LogP contribution is -2.29. The van der Waals surface area contributed by atoms with Gasteiger partial charge in [-0.3, -0.25) is 4.79 Å². The maximum Gasteiger partial charge on any atom is 0.407 e. The molecule has 1 aromatic heterocycles. The number of alkyl carbamates (subject to hydrolysis) is 1. The number of aryl methyl sites for hydroxylation is 1. The number of rotatable bonds is 3. The van der Waals surface area contributed by atoms with Crippen molar-refractivity contribution in [2.45, 2.75) is 13.5 Å². The molecule has 1 amide bonds. The molecule has 82 valence electrons. The Morgan fingerprint density at radius 1 is 1.60 bits per heavy atom. The molecule has 0 saturated carbocycles. The van der Waals surface area contributed by atoms with Gasteiger partial charge in [-0.15, -0.1) is 0 Å². The van der Waals surface area contributed by atoms with Gasteiger partial charge in [0.25, 0.3) is 5.56 Å². The van der Waals surface area contributed by atoms with E-state index in [1.807, 2.05) is 0 Å². The molecular weight excluding hydrogens is 196 g/mol. The second-order valence-corrected chi connectivity index (χ2v) is 3.02. The molecule has 1 aromatic rings. The number of amides is 1. The lowest BCUT2D eigenvalue weighted by Gasteiger charge is -2.05. The normalized spacial score (nSPS) is 9.73. The third kappa shape index (κ3) is 3.12. The Hall–Kier alpha value is -1.78. The molecule has 0 aliphatic heterocycles. The van der Waals surface area contributed by atoms with Crippen LogP contribution in [0.3, 0.4) is 0 Å². The topological polar surface area (TPSA) is 60.3 Å². The summed E-state index contributed by atoms with van der Waals surface area (Å²) in [5.74, 6) is 0. The summed E-state index contributed by atoms with van der Waals surface area (Å²) in [5, 5.41) is 2.49. The molecule has 5 heteroatoms. The predicted molar refractivity (Wildman–Crippen MR) is 55.5 cm³/mol. The van der Waals surface area contributed by atoms with E-state index in [0.717, 1.165) is 0 Å². The van der Waals surface area contributed by atoms with Crippen molar-refractivity contribution in [3.8, 4) is 0 Å². The maximum atomic E-state index is 11.5. The summed E-state index contributed by atoms with van der Waals surface area (Å²) in [4.78, 5) is 22.5. The van der Waals surface area contributed by atoms with Crippen LogP contribution in [0.25, 0.3) is 0 Å². The summed E-state index contributed by atoms with van der Waals surface area (Å²) in [6.07, 6.45) is 1.15. The van der Waals surface area contributed by atoms with Gasteiger partial charge < -0.3 is 14.6 Å². The minimum absolute atomic E-state index is 0.116. The van der Waals surface area contributed by atoms with Gasteiger partial charge in [0.1, 0.15) is 0 Å². The number of pyridine rings is 1. The highest BCUT2D eigenvalue weighted by atomic mass is 16.5. The molecule has 0 aliphatic carbocycles. The van der Waals surface area contributed by atoms with Crippen LogP contribution in [0.1, 0.15) is 12.5 Å². The van der Waals surface area contributed by atoms with Crippen molar-refractivity contribution in [1.29, 1.82) is 0 Å². The highest BCUT2D eigenvalue weighted by Crippen LogP contribution is 1.90. The zero-order valence-electron chi connectivity index (χ0n) is 8.82. The quantitative estimate of drug-likeness (QED) is 0.796. The van der Waals surface area contributed by atoms with Crippen molar-refractivity contribution in [3.05, 3.63) is 34.2 Å². The average Bonchev–Trinajstić information content (AvgIpc) is 2.21. The highest BCUT2D eigenvalue weighted by Gasteiger charge is 2.03. The molecule has 1 N–H and O–H groups in total. The number of carbonyl (C=O) groups excluding carboxylic acids is 1. The Labute approximate surface area is 87.7 Å². The van der Waals surface area contributed by atoms with Crippen LogP contribution in [0.4, 0.5) is 4.79 Å². The smallest absolute Gasteiger partial charge is 0.407 e. The third-order valence-electron chi connectivity index (χ3n) is 1.90. The van der Waals surface area contributed by atoms with Crippen LogP contribution in [0.2, 0.25) is 0 Å². The van der Waals surface area contributed by atoms with Crippen molar-refractivity contribution in [2.24, 2.45) is 7.05 Å². The minimum atomic E-state index is -0.511. The van der Waals surface area contributed by atoms with Crippen molar-refractivity contribution >= 4 is 6.09 Å². The van der Waals surface area contributed by atoms with Gasteiger partial charge in [-0.05, 0) is 13.0 Å². The number of carbonyl (C=O) groups is 1. The molecular formula is C10H14N2O3. The highest BCUT2D eigenvalue weighted by molar-refractivity contribution is 5.67. The Bertz CT molecular complexity index is 398. The summed E-state index contributed by atoms with van der Waals surface area (Å²) >= 11 is 0. The van der Waals surface area contributed by atoms with Gasteiger partial charge in [0, 0.05) is 18.8 Å². The van der Waals surface area contributed by atoms with E-state index in [9.17, 15) is 9.59 Å². The van der Waals surface area contributed by atoms with Crippen molar-refractivity contribution < 1.29 is 9.53 Å². The summed E-state index contributed by atoms with van der Waals surface area (Å²) < 4.78 is 6.14. The van der Waals surface area contributed by atoms with E-state index in [4.69, 9.17) is 0 Å². The van der Waals surface area contributed by atoms with Gasteiger partial charge in [0.2, 0.25) is 0 Å². The summed E-state index contributed by atoms with van der Waals surface area (Å²) in [6, 6.07) is 3.43. The van der Waals surface area contributed by atoms with Gasteiger partial charge in [-0.1, -0.05) is 6.07 Å². The molecule has 0 radical (unpaired) electrons. The second-order valence-electron chi connectivity index (χ2n) is 3.02. The van der Waals surface area contributed by atoms with E-state index in [1.165, 1.54) is 4.57 Å². The molecule has 15 heavy (non-hydrogen) atoms. The summed E-state index contributed by atoms with van der Waals surface area (Å²) in [6.45, 7) is 2.23. The lowest BCUT2D eigenvalue weighted by atomic mass is 10.3. The predicted octanol–water partition coefficient (Wildman–Crippen LogP) is 0.631. The first kappa shape index (κ1) is 11.3. The maximum absolute atomic E-state index is 11.5. The summed E-state index contributed by atoms with van der Waals surface area (Å²) in [7, 11) is 1.66. The van der Waals surface area contributed by atoms with Crippen LogP contribution in [0, 0.1) is 0 Å². The van der Waals surface area contributed by atoms with Crippen LogP contribution >= 0.6 is 0 Å². The fraction of sp³-hybridized carbons (Fsp3) is 0.400. The van der Waals surface area contributed by atoms with Crippen LogP contribution in [0.5, 0.6) is 0 Å². The van der Waals surface area contributed by atoms with E-state index < -0.39 is 6.09 Å². The zero-order chi connectivity index (χ0) is 11.3. The standard InChI is InChI=1S/C10H14N2O3/c1-3-15-10(14)11-7-8-5-4-6-12(2)9(8)13/h4-6H,3,7H2,1-2H3,(H,11,14). The first-order valence-corrected chi connectivity index (χ1v) is 4.70.